The maximum atomic E-state index is 11.5. The Morgan fingerprint density at radius 3 is 2.50 bits per heavy atom. The Bertz CT molecular complexity index is 810. The van der Waals surface area contributed by atoms with E-state index in [9.17, 15) is 14.9 Å². The molecule has 0 bridgehead atoms. The zero-order valence-electron chi connectivity index (χ0n) is 13.3. The molecule has 1 amide bonds. The summed E-state index contributed by atoms with van der Waals surface area (Å²) in [5.74, 6) is -0.169. The molecule has 0 radical (unpaired) electrons. The van der Waals surface area contributed by atoms with Gasteiger partial charge < -0.3 is 10.2 Å². The number of carbonyl (C=O) groups is 1. The van der Waals surface area contributed by atoms with Crippen molar-refractivity contribution in [2.75, 3.05) is 19.0 Å². The highest BCUT2D eigenvalue weighted by Crippen LogP contribution is 2.29. The van der Waals surface area contributed by atoms with Crippen LogP contribution in [0.2, 0.25) is 0 Å². The quantitative estimate of drug-likeness (QED) is 0.673. The second-order valence-electron chi connectivity index (χ2n) is 5.20. The van der Waals surface area contributed by atoms with Crippen LogP contribution in [0, 0.1) is 21.4 Å². The van der Waals surface area contributed by atoms with Gasteiger partial charge in [-0.05, 0) is 29.8 Å². The number of amides is 1. The molecule has 7 heteroatoms. The van der Waals surface area contributed by atoms with Gasteiger partial charge in [0.1, 0.15) is 5.69 Å². The lowest BCUT2D eigenvalue weighted by molar-refractivity contribution is -0.384. The van der Waals surface area contributed by atoms with Gasteiger partial charge in [0.15, 0.2) is 0 Å². The van der Waals surface area contributed by atoms with Crippen LogP contribution < -0.4 is 10.2 Å². The monoisotopic (exact) mass is 324 g/mol. The second kappa shape index (κ2) is 7.24. The molecule has 24 heavy (non-hydrogen) atoms. The van der Waals surface area contributed by atoms with Crippen LogP contribution in [-0.2, 0) is 6.54 Å². The van der Waals surface area contributed by atoms with Gasteiger partial charge in [0, 0.05) is 32.3 Å². The van der Waals surface area contributed by atoms with E-state index < -0.39 is 4.92 Å². The summed E-state index contributed by atoms with van der Waals surface area (Å²) in [5.41, 5.74) is 2.01. The van der Waals surface area contributed by atoms with Gasteiger partial charge >= 0.3 is 0 Å². The van der Waals surface area contributed by atoms with Crippen molar-refractivity contribution in [3.8, 4) is 6.07 Å². The molecule has 7 nitrogen and oxygen atoms in total. The summed E-state index contributed by atoms with van der Waals surface area (Å²) in [5, 5.41) is 22.7. The maximum absolute atomic E-state index is 11.5. The molecule has 0 saturated carbocycles. The topological polar surface area (TPSA) is 99.3 Å². The van der Waals surface area contributed by atoms with Crippen molar-refractivity contribution in [1.82, 2.24) is 5.32 Å². The van der Waals surface area contributed by atoms with Crippen LogP contribution >= 0.6 is 0 Å². The van der Waals surface area contributed by atoms with E-state index in [1.807, 2.05) is 6.07 Å². The van der Waals surface area contributed by atoms with Crippen LogP contribution in [-0.4, -0.2) is 24.9 Å². The molecule has 0 unspecified atom stereocenters. The Hall–Kier alpha value is -3.40. The van der Waals surface area contributed by atoms with Crippen LogP contribution in [0.3, 0.4) is 0 Å². The Balaban J connectivity index is 2.24. The highest BCUT2D eigenvalue weighted by Gasteiger charge is 2.18. The molecular weight excluding hydrogens is 308 g/mol. The van der Waals surface area contributed by atoms with Gasteiger partial charge in [0.05, 0.1) is 16.6 Å². The fourth-order valence-corrected chi connectivity index (χ4v) is 2.33. The average molecular weight is 324 g/mol. The summed E-state index contributed by atoms with van der Waals surface area (Å²) in [7, 11) is 3.30. The summed E-state index contributed by atoms with van der Waals surface area (Å²) in [6.07, 6.45) is 0. The van der Waals surface area contributed by atoms with Crippen molar-refractivity contribution in [3.63, 3.8) is 0 Å². The third-order valence-electron chi connectivity index (χ3n) is 3.58. The zero-order valence-corrected chi connectivity index (χ0v) is 13.3. The van der Waals surface area contributed by atoms with E-state index in [1.54, 1.807) is 55.4 Å². The van der Waals surface area contributed by atoms with Crippen molar-refractivity contribution < 1.29 is 9.72 Å². The number of nitro groups is 1. The molecule has 0 aliphatic carbocycles. The van der Waals surface area contributed by atoms with Crippen molar-refractivity contribution in [2.24, 2.45) is 0 Å². The molecule has 0 saturated heterocycles. The predicted molar refractivity (Wildman–Crippen MR) is 89.8 cm³/mol. The molecule has 0 fully saturated rings. The van der Waals surface area contributed by atoms with E-state index in [2.05, 4.69) is 5.32 Å². The summed E-state index contributed by atoms with van der Waals surface area (Å²) in [6.45, 7) is 0.431. The van der Waals surface area contributed by atoms with E-state index in [4.69, 9.17) is 5.26 Å². The van der Waals surface area contributed by atoms with Gasteiger partial charge in [0.2, 0.25) is 0 Å². The Kier molecular flexibility index (Phi) is 5.12. The highest BCUT2D eigenvalue weighted by atomic mass is 16.6. The predicted octanol–water partition coefficient (Wildman–Crippen LogP) is 2.46. The van der Waals surface area contributed by atoms with Gasteiger partial charge in [-0.25, -0.2) is 0 Å². The summed E-state index contributed by atoms with van der Waals surface area (Å²) < 4.78 is 0. The molecule has 0 atom stereocenters. The van der Waals surface area contributed by atoms with Crippen molar-refractivity contribution in [1.29, 1.82) is 5.26 Å². The van der Waals surface area contributed by atoms with Crippen LogP contribution in [0.15, 0.2) is 42.5 Å². The van der Waals surface area contributed by atoms with Crippen LogP contribution in [0.5, 0.6) is 0 Å². The number of nitriles is 1. The lowest BCUT2D eigenvalue weighted by Crippen LogP contribution is -2.19. The largest absolute Gasteiger partial charge is 0.365 e. The van der Waals surface area contributed by atoms with Crippen LogP contribution in [0.1, 0.15) is 21.5 Å². The molecule has 2 aromatic rings. The third kappa shape index (κ3) is 3.67. The molecule has 0 spiro atoms. The Morgan fingerprint density at radius 1 is 1.29 bits per heavy atom. The van der Waals surface area contributed by atoms with Crippen LogP contribution in [0.25, 0.3) is 0 Å². The molecule has 2 rings (SSSR count). The van der Waals surface area contributed by atoms with Gasteiger partial charge in [-0.1, -0.05) is 12.1 Å². The van der Waals surface area contributed by atoms with E-state index in [-0.39, 0.29) is 17.2 Å². The van der Waals surface area contributed by atoms with Gasteiger partial charge in [-0.15, -0.1) is 0 Å². The standard InChI is InChI=1S/C17H16N4O3/c1-19-17(22)14-6-3-12(4-7-14)11-20(2)15-8-5-13(10-18)9-16(15)21(23)24/h3-9H,11H2,1-2H3,(H,19,22). The van der Waals surface area contributed by atoms with Gasteiger partial charge in [-0.3, -0.25) is 14.9 Å². The normalized spacial score (nSPS) is 9.88. The first kappa shape index (κ1) is 17.0. The minimum atomic E-state index is -0.499. The number of anilines is 1. The van der Waals surface area contributed by atoms with E-state index >= 15 is 0 Å². The van der Waals surface area contributed by atoms with E-state index in [0.717, 1.165) is 5.56 Å². The molecular formula is C17H16N4O3. The third-order valence-corrected chi connectivity index (χ3v) is 3.58. The zero-order chi connectivity index (χ0) is 17.7. The number of hydrogen-bond acceptors (Lipinski definition) is 5. The number of carbonyl (C=O) groups excluding carboxylic acids is 1. The number of nitro benzene ring substituents is 1. The molecule has 0 aliphatic rings. The highest BCUT2D eigenvalue weighted by molar-refractivity contribution is 5.93. The molecule has 0 aromatic heterocycles. The fraction of sp³-hybridized carbons (Fsp3) is 0.176. The summed E-state index contributed by atoms with van der Waals surface area (Å²) in [4.78, 5) is 24.0. The molecule has 0 heterocycles. The minimum absolute atomic E-state index is 0.112. The van der Waals surface area contributed by atoms with Crippen molar-refractivity contribution in [3.05, 3.63) is 69.3 Å². The molecule has 122 valence electrons. The van der Waals surface area contributed by atoms with Gasteiger partial charge in [-0.2, -0.15) is 5.26 Å². The Morgan fingerprint density at radius 2 is 1.96 bits per heavy atom. The lowest BCUT2D eigenvalue weighted by Gasteiger charge is -2.19. The molecule has 0 aliphatic heterocycles. The SMILES string of the molecule is CNC(=O)c1ccc(CN(C)c2ccc(C#N)cc2[N+](=O)[O-])cc1. The Labute approximate surface area is 139 Å². The minimum Gasteiger partial charge on any atom is -0.365 e. The number of benzene rings is 2. The van der Waals surface area contributed by atoms with E-state index in [1.165, 1.54) is 6.07 Å². The smallest absolute Gasteiger partial charge is 0.293 e. The maximum Gasteiger partial charge on any atom is 0.293 e. The fourth-order valence-electron chi connectivity index (χ4n) is 2.33. The molecule has 2 aromatic carbocycles. The number of rotatable bonds is 5. The average Bonchev–Trinajstić information content (AvgIpc) is 2.60. The van der Waals surface area contributed by atoms with E-state index in [0.29, 0.717) is 17.8 Å². The second-order valence-corrected chi connectivity index (χ2v) is 5.20. The first-order chi connectivity index (χ1) is 11.5. The van der Waals surface area contributed by atoms with Crippen molar-refractivity contribution in [2.45, 2.75) is 6.54 Å². The number of nitrogens with zero attached hydrogens (tertiary/aromatic N) is 3. The first-order valence-corrected chi connectivity index (χ1v) is 7.17. The summed E-state index contributed by atoms with van der Waals surface area (Å²) >= 11 is 0. The van der Waals surface area contributed by atoms with Crippen molar-refractivity contribution >= 4 is 17.3 Å². The number of hydrogen-bond donors (Lipinski definition) is 1. The molecule has 1 N–H and O–H groups in total. The van der Waals surface area contributed by atoms with Gasteiger partial charge in [0.25, 0.3) is 11.6 Å². The first-order valence-electron chi connectivity index (χ1n) is 7.17. The lowest BCUT2D eigenvalue weighted by atomic mass is 10.1. The number of nitrogens with one attached hydrogen (secondary N) is 1. The summed E-state index contributed by atoms with van der Waals surface area (Å²) in [6, 6.07) is 13.3. The van der Waals surface area contributed by atoms with Crippen LogP contribution in [0.4, 0.5) is 11.4 Å².